The van der Waals surface area contributed by atoms with Gasteiger partial charge in [-0.25, -0.2) is 4.39 Å². The van der Waals surface area contributed by atoms with Crippen LogP contribution in [0.2, 0.25) is 5.02 Å². The Hall–Kier alpha value is -1.29. The average molecular weight is 244 g/mol. The number of carbonyl (C=O) groups excluding carboxylic acids is 1. The van der Waals surface area contributed by atoms with Gasteiger partial charge in [-0.2, -0.15) is 0 Å². The van der Waals surface area contributed by atoms with Crippen LogP contribution in [0.4, 0.5) is 10.1 Å². The van der Waals surface area contributed by atoms with Crippen molar-refractivity contribution in [2.45, 2.75) is 19.4 Å². The maximum absolute atomic E-state index is 13.3. The van der Waals surface area contributed by atoms with Crippen LogP contribution in [0.15, 0.2) is 12.1 Å². The number of ether oxygens (including phenoxy) is 1. The SMILES string of the molecule is CC1CC(=O)N(C)c2cc(F)c(Cl)cc2O1. The van der Waals surface area contributed by atoms with Gasteiger partial charge >= 0.3 is 0 Å². The summed E-state index contributed by atoms with van der Waals surface area (Å²) in [7, 11) is 1.59. The van der Waals surface area contributed by atoms with Crippen molar-refractivity contribution >= 4 is 23.2 Å². The maximum Gasteiger partial charge on any atom is 0.230 e. The van der Waals surface area contributed by atoms with Gasteiger partial charge in [-0.1, -0.05) is 11.6 Å². The van der Waals surface area contributed by atoms with E-state index in [-0.39, 0.29) is 23.5 Å². The third kappa shape index (κ3) is 1.85. The number of amides is 1. The second-order valence-corrected chi connectivity index (χ2v) is 4.23. The number of halogens is 2. The van der Waals surface area contributed by atoms with E-state index >= 15 is 0 Å². The van der Waals surface area contributed by atoms with Crippen molar-refractivity contribution in [3.63, 3.8) is 0 Å². The number of hydrogen-bond donors (Lipinski definition) is 0. The molecule has 3 nitrogen and oxygen atoms in total. The molecule has 2 rings (SSSR count). The van der Waals surface area contributed by atoms with E-state index in [0.717, 1.165) is 0 Å². The topological polar surface area (TPSA) is 29.5 Å². The zero-order valence-electron chi connectivity index (χ0n) is 8.96. The van der Waals surface area contributed by atoms with E-state index in [1.165, 1.54) is 17.0 Å². The number of carbonyl (C=O) groups is 1. The van der Waals surface area contributed by atoms with Gasteiger partial charge < -0.3 is 9.64 Å². The Morgan fingerprint density at radius 3 is 2.94 bits per heavy atom. The van der Waals surface area contributed by atoms with Gasteiger partial charge in [0.15, 0.2) is 0 Å². The van der Waals surface area contributed by atoms with Gasteiger partial charge in [0.25, 0.3) is 0 Å². The molecular formula is C11H11ClFNO2. The van der Waals surface area contributed by atoms with Crippen molar-refractivity contribution in [1.82, 2.24) is 0 Å². The Kier molecular flexibility index (Phi) is 2.76. The van der Waals surface area contributed by atoms with Crippen molar-refractivity contribution in [2.24, 2.45) is 0 Å². The highest BCUT2D eigenvalue weighted by molar-refractivity contribution is 6.31. The van der Waals surface area contributed by atoms with Crippen LogP contribution in [0.25, 0.3) is 0 Å². The number of hydrogen-bond acceptors (Lipinski definition) is 2. The van der Waals surface area contributed by atoms with Crippen molar-refractivity contribution in [3.8, 4) is 5.75 Å². The Bertz CT molecular complexity index is 450. The lowest BCUT2D eigenvalue weighted by molar-refractivity contribution is -0.119. The zero-order valence-corrected chi connectivity index (χ0v) is 9.71. The van der Waals surface area contributed by atoms with Crippen molar-refractivity contribution < 1.29 is 13.9 Å². The third-order valence-electron chi connectivity index (χ3n) is 2.53. The lowest BCUT2D eigenvalue weighted by Gasteiger charge is -2.16. The first-order valence-corrected chi connectivity index (χ1v) is 5.29. The summed E-state index contributed by atoms with van der Waals surface area (Å²) >= 11 is 5.67. The van der Waals surface area contributed by atoms with E-state index in [9.17, 15) is 9.18 Å². The fourth-order valence-corrected chi connectivity index (χ4v) is 1.80. The highest BCUT2D eigenvalue weighted by Crippen LogP contribution is 2.36. The molecular weight excluding hydrogens is 233 g/mol. The molecule has 86 valence electrons. The molecule has 0 saturated heterocycles. The Labute approximate surface area is 97.8 Å². The molecule has 0 fully saturated rings. The first-order valence-electron chi connectivity index (χ1n) is 4.91. The minimum Gasteiger partial charge on any atom is -0.488 e. The molecule has 0 bridgehead atoms. The Morgan fingerprint density at radius 2 is 2.25 bits per heavy atom. The minimum absolute atomic E-state index is 0.00583. The number of nitrogens with zero attached hydrogens (tertiary/aromatic N) is 1. The molecule has 1 aromatic carbocycles. The third-order valence-corrected chi connectivity index (χ3v) is 2.82. The smallest absolute Gasteiger partial charge is 0.230 e. The largest absolute Gasteiger partial charge is 0.488 e. The molecule has 1 aliphatic rings. The lowest BCUT2D eigenvalue weighted by atomic mass is 10.2. The van der Waals surface area contributed by atoms with Gasteiger partial charge in [-0.15, -0.1) is 0 Å². The van der Waals surface area contributed by atoms with Crippen LogP contribution in [0.1, 0.15) is 13.3 Å². The van der Waals surface area contributed by atoms with Crippen LogP contribution < -0.4 is 9.64 Å². The number of rotatable bonds is 0. The average Bonchev–Trinajstić information content (AvgIpc) is 2.29. The molecule has 5 heteroatoms. The molecule has 1 unspecified atom stereocenters. The molecule has 0 N–H and O–H groups in total. The molecule has 1 atom stereocenters. The summed E-state index contributed by atoms with van der Waals surface area (Å²) in [6.07, 6.45) is 0.0301. The fraction of sp³-hybridized carbons (Fsp3) is 0.364. The van der Waals surface area contributed by atoms with Crippen LogP contribution in [0.5, 0.6) is 5.75 Å². The van der Waals surface area contributed by atoms with Crippen molar-refractivity contribution in [2.75, 3.05) is 11.9 Å². The predicted octanol–water partition coefficient (Wildman–Crippen LogP) is 2.61. The molecule has 0 radical (unpaired) electrons. The van der Waals surface area contributed by atoms with Crippen molar-refractivity contribution in [1.29, 1.82) is 0 Å². The lowest BCUT2D eigenvalue weighted by Crippen LogP contribution is -2.27. The van der Waals surface area contributed by atoms with Crippen LogP contribution in [-0.2, 0) is 4.79 Å². The first kappa shape index (κ1) is 11.2. The molecule has 16 heavy (non-hydrogen) atoms. The number of benzene rings is 1. The molecule has 1 amide bonds. The summed E-state index contributed by atoms with van der Waals surface area (Å²) in [5.74, 6) is -0.224. The van der Waals surface area contributed by atoms with E-state index in [2.05, 4.69) is 0 Å². The van der Waals surface area contributed by atoms with Crippen LogP contribution >= 0.6 is 11.6 Å². The summed E-state index contributed by atoms with van der Waals surface area (Å²) in [5.41, 5.74) is 0.413. The molecule has 1 aliphatic heterocycles. The van der Waals surface area contributed by atoms with Crippen molar-refractivity contribution in [3.05, 3.63) is 23.0 Å². The van der Waals surface area contributed by atoms with Crippen LogP contribution in [0, 0.1) is 5.82 Å². The monoisotopic (exact) mass is 243 g/mol. The minimum atomic E-state index is -0.557. The van der Waals surface area contributed by atoms with Crippen LogP contribution in [-0.4, -0.2) is 19.1 Å². The summed E-state index contributed by atoms with van der Waals surface area (Å²) in [5, 5.41) is -0.00583. The zero-order chi connectivity index (χ0) is 11.9. The molecule has 0 spiro atoms. The normalized spacial score (nSPS) is 20.1. The standard InChI is InChI=1S/C11H11ClFNO2/c1-6-3-11(15)14(2)9-5-8(13)7(12)4-10(9)16-6/h4-6H,3H2,1-2H3. The number of fused-ring (bicyclic) bond motifs is 1. The van der Waals surface area contributed by atoms with Gasteiger partial charge in [0.1, 0.15) is 17.7 Å². The highest BCUT2D eigenvalue weighted by atomic mass is 35.5. The maximum atomic E-state index is 13.3. The van der Waals surface area contributed by atoms with Gasteiger partial charge in [0.2, 0.25) is 5.91 Å². The summed E-state index contributed by atoms with van der Waals surface area (Å²) in [4.78, 5) is 13.1. The first-order chi connectivity index (χ1) is 7.49. The fourth-order valence-electron chi connectivity index (χ4n) is 1.65. The molecule has 0 saturated carbocycles. The van der Waals surface area contributed by atoms with Gasteiger partial charge in [0.05, 0.1) is 17.1 Å². The van der Waals surface area contributed by atoms with E-state index in [4.69, 9.17) is 16.3 Å². The van der Waals surface area contributed by atoms with E-state index < -0.39 is 5.82 Å². The molecule has 1 heterocycles. The van der Waals surface area contributed by atoms with Gasteiger partial charge in [-0.05, 0) is 6.92 Å². The summed E-state index contributed by atoms with van der Waals surface area (Å²) < 4.78 is 18.8. The predicted molar refractivity (Wildman–Crippen MR) is 59.5 cm³/mol. The number of anilines is 1. The summed E-state index contributed by atoms with van der Waals surface area (Å²) in [6, 6.07) is 2.62. The second-order valence-electron chi connectivity index (χ2n) is 3.82. The molecule has 0 aliphatic carbocycles. The van der Waals surface area contributed by atoms with Gasteiger partial charge in [-0.3, -0.25) is 4.79 Å². The van der Waals surface area contributed by atoms with Crippen LogP contribution in [0.3, 0.4) is 0 Å². The van der Waals surface area contributed by atoms with E-state index in [0.29, 0.717) is 11.4 Å². The van der Waals surface area contributed by atoms with Gasteiger partial charge in [0, 0.05) is 19.2 Å². The Balaban J connectivity index is 2.55. The highest BCUT2D eigenvalue weighted by Gasteiger charge is 2.25. The second kappa shape index (κ2) is 3.94. The van der Waals surface area contributed by atoms with E-state index in [1.54, 1.807) is 14.0 Å². The quantitative estimate of drug-likeness (QED) is 0.701. The van der Waals surface area contributed by atoms with E-state index in [1.807, 2.05) is 0 Å². The Morgan fingerprint density at radius 1 is 1.56 bits per heavy atom. The summed E-state index contributed by atoms with van der Waals surface area (Å²) in [6.45, 7) is 1.79. The molecule has 0 aromatic heterocycles. The molecule has 1 aromatic rings.